The van der Waals surface area contributed by atoms with Crippen LogP contribution in [0.1, 0.15) is 85.1 Å². The molecule has 0 bridgehead atoms. The van der Waals surface area contributed by atoms with Gasteiger partial charge in [-0.3, -0.25) is 9.59 Å². The average molecular weight is 520 g/mol. The molecule has 1 heterocycles. The molecule has 2 aromatic rings. The Kier molecular flexibility index (Phi) is 6.39. The van der Waals surface area contributed by atoms with E-state index in [1.54, 1.807) is 6.92 Å². The maximum absolute atomic E-state index is 12.0. The van der Waals surface area contributed by atoms with Gasteiger partial charge in [0.25, 0.3) is 0 Å². The topological polar surface area (TPSA) is 83.3 Å². The molecule has 4 aliphatic carbocycles. The zero-order valence-electron chi connectivity index (χ0n) is 23.1. The Hall–Kier alpha value is -2.70. The number of rotatable bonds is 4. The molecule has 0 amide bonds. The molecule has 0 unspecified atom stereocenters. The number of benzene rings is 1. The third-order valence-corrected chi connectivity index (χ3v) is 11.2. The third-order valence-electron chi connectivity index (χ3n) is 11.2. The molecule has 0 N–H and O–H groups in total. The number of fused-ring (bicyclic) bond motifs is 5. The lowest BCUT2D eigenvalue weighted by atomic mass is 9.44. The van der Waals surface area contributed by atoms with Crippen LogP contribution in [0.4, 0.5) is 0 Å². The summed E-state index contributed by atoms with van der Waals surface area (Å²) in [6.45, 7) is 7.93. The predicted octanol–water partition coefficient (Wildman–Crippen LogP) is 6.00. The number of carbonyl (C=O) groups excluding carboxylic acids is 2. The first-order valence-electron chi connectivity index (χ1n) is 14.5. The first-order valence-corrected chi connectivity index (χ1v) is 14.5. The van der Waals surface area contributed by atoms with Crippen molar-refractivity contribution >= 4 is 11.9 Å². The molecule has 0 radical (unpaired) electrons. The van der Waals surface area contributed by atoms with Crippen molar-refractivity contribution in [2.24, 2.45) is 34.5 Å². The number of carbonyl (C=O) groups is 2. The van der Waals surface area contributed by atoms with E-state index in [9.17, 15) is 9.59 Å². The minimum atomic E-state index is -0.203. The van der Waals surface area contributed by atoms with E-state index in [1.807, 2.05) is 18.2 Å². The second-order valence-electron chi connectivity index (χ2n) is 12.9. The summed E-state index contributed by atoms with van der Waals surface area (Å²) >= 11 is 0. The van der Waals surface area contributed by atoms with Gasteiger partial charge < -0.3 is 9.47 Å². The van der Waals surface area contributed by atoms with Crippen molar-refractivity contribution in [2.45, 2.75) is 97.3 Å². The quantitative estimate of drug-likeness (QED) is 0.461. The summed E-state index contributed by atoms with van der Waals surface area (Å²) in [6.07, 6.45) is 10.4. The van der Waals surface area contributed by atoms with Gasteiger partial charge in [-0.15, -0.1) is 5.10 Å². The standard InChI is InChI=1S/C31H41N3O4/c1-19(35)37-23-16-22-10-11-24-25-12-13-29(38-20(2)36)30(25,3)15-14-26(24)31(22,4)28(17-23)34-18-27(32-33-34)21-8-6-5-7-9-21/h5-9,18,22-26,28-29H,10-17H2,1-4H3/t22-,23-,24-,25-,26-,28-,29-,30-,31-/m0/s1. The van der Waals surface area contributed by atoms with Crippen molar-refractivity contribution < 1.29 is 19.1 Å². The van der Waals surface area contributed by atoms with E-state index in [4.69, 9.17) is 14.7 Å². The lowest BCUT2D eigenvalue weighted by molar-refractivity contribution is -0.178. The minimum absolute atomic E-state index is 0.0298. The molecule has 4 aliphatic rings. The van der Waals surface area contributed by atoms with E-state index in [1.165, 1.54) is 13.3 Å². The van der Waals surface area contributed by atoms with Crippen LogP contribution in [0.2, 0.25) is 0 Å². The summed E-state index contributed by atoms with van der Waals surface area (Å²) in [6, 6.07) is 10.3. The van der Waals surface area contributed by atoms with Crippen molar-refractivity contribution in [3.8, 4) is 11.3 Å². The second kappa shape index (κ2) is 9.49. The van der Waals surface area contributed by atoms with Gasteiger partial charge in [0.05, 0.1) is 12.2 Å². The summed E-state index contributed by atoms with van der Waals surface area (Å²) in [5, 5.41) is 9.28. The first-order chi connectivity index (χ1) is 18.2. The monoisotopic (exact) mass is 519 g/mol. The van der Waals surface area contributed by atoms with E-state index >= 15 is 0 Å². The lowest BCUT2D eigenvalue weighted by Crippen LogP contribution is -2.58. The molecule has 1 aromatic heterocycles. The molecule has 0 spiro atoms. The summed E-state index contributed by atoms with van der Waals surface area (Å²) in [5.74, 6) is 1.85. The molecule has 204 valence electrons. The number of esters is 2. The summed E-state index contributed by atoms with van der Waals surface area (Å²) in [4.78, 5) is 23.9. The molecule has 9 atom stereocenters. The molecule has 6 rings (SSSR count). The number of hydrogen-bond acceptors (Lipinski definition) is 6. The van der Waals surface area contributed by atoms with Crippen LogP contribution in [-0.4, -0.2) is 39.1 Å². The lowest BCUT2D eigenvalue weighted by Gasteiger charge is -2.62. The fourth-order valence-corrected chi connectivity index (χ4v) is 9.52. The Labute approximate surface area is 225 Å². The van der Waals surface area contributed by atoms with Crippen molar-refractivity contribution in [1.82, 2.24) is 15.0 Å². The molecular weight excluding hydrogens is 478 g/mol. The van der Waals surface area contributed by atoms with Crippen molar-refractivity contribution in [1.29, 1.82) is 0 Å². The zero-order chi connectivity index (χ0) is 26.7. The van der Waals surface area contributed by atoms with Crippen molar-refractivity contribution in [3.63, 3.8) is 0 Å². The average Bonchev–Trinajstić information content (AvgIpc) is 3.49. The highest BCUT2D eigenvalue weighted by Gasteiger charge is 2.63. The Balaban J connectivity index is 1.35. The summed E-state index contributed by atoms with van der Waals surface area (Å²) in [5.41, 5.74) is 2.03. The molecule has 38 heavy (non-hydrogen) atoms. The molecule has 1 aromatic carbocycles. The van der Waals surface area contributed by atoms with Gasteiger partial charge in [0, 0.05) is 31.2 Å². The number of hydrogen-bond donors (Lipinski definition) is 0. The molecule has 4 fully saturated rings. The first kappa shape index (κ1) is 25.6. The predicted molar refractivity (Wildman–Crippen MR) is 143 cm³/mol. The minimum Gasteiger partial charge on any atom is -0.462 e. The molecule has 4 saturated carbocycles. The van der Waals surface area contributed by atoms with Gasteiger partial charge >= 0.3 is 11.9 Å². The van der Waals surface area contributed by atoms with E-state index in [2.05, 4.69) is 42.0 Å². The summed E-state index contributed by atoms with van der Waals surface area (Å²) < 4.78 is 13.8. The third kappa shape index (κ3) is 4.08. The van der Waals surface area contributed by atoms with Crippen LogP contribution in [0.5, 0.6) is 0 Å². The van der Waals surface area contributed by atoms with Gasteiger partial charge in [-0.05, 0) is 74.0 Å². The maximum Gasteiger partial charge on any atom is 0.302 e. The fourth-order valence-electron chi connectivity index (χ4n) is 9.52. The number of ether oxygens (including phenoxy) is 2. The van der Waals surface area contributed by atoms with Gasteiger partial charge in [-0.2, -0.15) is 0 Å². The highest BCUT2D eigenvalue weighted by molar-refractivity contribution is 5.66. The van der Waals surface area contributed by atoms with Crippen LogP contribution in [0.25, 0.3) is 11.3 Å². The Morgan fingerprint density at radius 1 is 0.921 bits per heavy atom. The van der Waals surface area contributed by atoms with Gasteiger partial charge in [-0.25, -0.2) is 4.68 Å². The molecule has 0 aliphatic heterocycles. The SMILES string of the molecule is CC(=O)O[C@H]1C[C@@H]2CC[C@H]3[C@@H]4CC[C@H](OC(C)=O)[C@@]4(C)CC[C@@H]3[C@@]2(C)[C@@H](n2cc(-c3ccccc3)nn2)C1. The van der Waals surface area contributed by atoms with Crippen LogP contribution >= 0.6 is 0 Å². The van der Waals surface area contributed by atoms with Gasteiger partial charge in [0.15, 0.2) is 0 Å². The van der Waals surface area contributed by atoms with Crippen molar-refractivity contribution in [3.05, 3.63) is 36.5 Å². The van der Waals surface area contributed by atoms with Crippen LogP contribution in [0, 0.1) is 34.5 Å². The van der Waals surface area contributed by atoms with Gasteiger partial charge in [-0.1, -0.05) is 49.4 Å². The van der Waals surface area contributed by atoms with Gasteiger partial charge in [0.1, 0.15) is 17.9 Å². The largest absolute Gasteiger partial charge is 0.462 e. The molecule has 7 nitrogen and oxygen atoms in total. The Morgan fingerprint density at radius 2 is 1.68 bits per heavy atom. The molecule has 7 heteroatoms. The second-order valence-corrected chi connectivity index (χ2v) is 12.9. The van der Waals surface area contributed by atoms with Crippen molar-refractivity contribution in [2.75, 3.05) is 0 Å². The molecular formula is C31H41N3O4. The highest BCUT2D eigenvalue weighted by Crippen LogP contribution is 2.68. The normalized spacial score (nSPS) is 39.9. The number of nitrogens with zero attached hydrogens (tertiary/aromatic N) is 3. The van der Waals surface area contributed by atoms with E-state index in [0.29, 0.717) is 23.7 Å². The highest BCUT2D eigenvalue weighted by atomic mass is 16.5. The molecule has 0 saturated heterocycles. The van der Waals surface area contributed by atoms with Crippen LogP contribution in [0.15, 0.2) is 36.5 Å². The Morgan fingerprint density at radius 3 is 2.42 bits per heavy atom. The van der Waals surface area contributed by atoms with Crippen LogP contribution < -0.4 is 0 Å². The van der Waals surface area contributed by atoms with Crippen LogP contribution in [-0.2, 0) is 19.1 Å². The summed E-state index contributed by atoms with van der Waals surface area (Å²) in [7, 11) is 0. The smallest absolute Gasteiger partial charge is 0.302 e. The maximum atomic E-state index is 12.0. The zero-order valence-corrected chi connectivity index (χ0v) is 23.1. The van der Waals surface area contributed by atoms with E-state index < -0.39 is 0 Å². The van der Waals surface area contributed by atoms with E-state index in [0.717, 1.165) is 56.2 Å². The van der Waals surface area contributed by atoms with Crippen LogP contribution in [0.3, 0.4) is 0 Å². The Bertz CT molecular complexity index is 1200. The fraction of sp³-hybridized carbons (Fsp3) is 0.677. The number of aromatic nitrogens is 3. The van der Waals surface area contributed by atoms with E-state index in [-0.39, 0.29) is 41.0 Å². The van der Waals surface area contributed by atoms with Gasteiger partial charge in [0.2, 0.25) is 0 Å².